The van der Waals surface area contributed by atoms with Gasteiger partial charge in [0.1, 0.15) is 11.7 Å². The Morgan fingerprint density at radius 3 is 2.44 bits per heavy atom. The summed E-state index contributed by atoms with van der Waals surface area (Å²) < 4.78 is 12.8. The highest BCUT2D eigenvalue weighted by atomic mass is 16.6. The molecule has 1 spiro atoms. The molecule has 0 aromatic rings. The monoisotopic (exact) mass is 542 g/mol. The van der Waals surface area contributed by atoms with Crippen molar-refractivity contribution in [1.29, 1.82) is 0 Å². The van der Waals surface area contributed by atoms with Crippen LogP contribution in [0.4, 0.5) is 0 Å². The Kier molecular flexibility index (Phi) is 9.18. The van der Waals surface area contributed by atoms with Gasteiger partial charge in [-0.15, -0.1) is 0 Å². The first-order chi connectivity index (χ1) is 18.6. The second-order valence-corrected chi connectivity index (χ2v) is 15.9. The van der Waals surface area contributed by atoms with E-state index in [1.165, 1.54) is 83.5 Å². The molecule has 0 radical (unpaired) electrons. The highest BCUT2D eigenvalue weighted by Crippen LogP contribution is 2.74. The molecule has 5 aliphatic rings. The van der Waals surface area contributed by atoms with Crippen LogP contribution in [0.15, 0.2) is 0 Å². The van der Waals surface area contributed by atoms with Crippen molar-refractivity contribution in [3.63, 3.8) is 0 Å². The molecule has 0 unspecified atom stereocenters. The average molecular weight is 543 g/mol. The molecule has 39 heavy (non-hydrogen) atoms. The minimum Gasteiger partial charge on any atom is -0.462 e. The van der Waals surface area contributed by atoms with Gasteiger partial charge in [0, 0.05) is 18.3 Å². The van der Waals surface area contributed by atoms with Gasteiger partial charge in [-0.1, -0.05) is 92.9 Å². The number of unbranched alkanes of at least 4 members (excludes halogenated alkanes) is 5. The van der Waals surface area contributed by atoms with E-state index in [1.54, 1.807) is 0 Å². The number of hydrogen-bond acceptors (Lipinski definition) is 3. The maximum atomic E-state index is 12.7. The predicted molar refractivity (Wildman–Crippen MR) is 160 cm³/mol. The fourth-order valence-electron chi connectivity index (χ4n) is 11.1. The number of carbonyl (C=O) groups excluding carboxylic acids is 1. The van der Waals surface area contributed by atoms with E-state index < -0.39 is 0 Å². The summed E-state index contributed by atoms with van der Waals surface area (Å²) in [5.41, 5.74) is 0.797. The zero-order valence-electron chi connectivity index (χ0n) is 26.6. The Morgan fingerprint density at radius 2 is 1.67 bits per heavy atom. The first-order valence-corrected chi connectivity index (χ1v) is 17.5. The lowest BCUT2D eigenvalue weighted by Gasteiger charge is -2.59. The molecule has 5 fully saturated rings. The lowest BCUT2D eigenvalue weighted by Crippen LogP contribution is -2.59. The molecule has 10 atom stereocenters. The molecule has 4 aliphatic carbocycles. The van der Waals surface area contributed by atoms with Crippen LogP contribution in [-0.4, -0.2) is 23.8 Å². The lowest BCUT2D eigenvalue weighted by atomic mass is 9.44. The van der Waals surface area contributed by atoms with Crippen molar-refractivity contribution in [2.75, 3.05) is 0 Å². The molecule has 0 N–H and O–H groups in total. The van der Waals surface area contributed by atoms with E-state index in [9.17, 15) is 4.79 Å². The summed E-state index contributed by atoms with van der Waals surface area (Å²) in [5, 5.41) is 0. The van der Waals surface area contributed by atoms with Crippen LogP contribution in [0.5, 0.6) is 0 Å². The largest absolute Gasteiger partial charge is 0.462 e. The van der Waals surface area contributed by atoms with Gasteiger partial charge in [-0.05, 0) is 92.3 Å². The molecule has 0 bridgehead atoms. The van der Waals surface area contributed by atoms with Gasteiger partial charge in [0.2, 0.25) is 0 Å². The third-order valence-corrected chi connectivity index (χ3v) is 13.3. The van der Waals surface area contributed by atoms with Crippen molar-refractivity contribution < 1.29 is 14.3 Å². The Labute approximate surface area is 241 Å². The smallest absolute Gasteiger partial charge is 0.306 e. The fourth-order valence-corrected chi connectivity index (χ4v) is 11.1. The summed E-state index contributed by atoms with van der Waals surface area (Å²) in [6, 6.07) is 0. The van der Waals surface area contributed by atoms with E-state index in [0.717, 1.165) is 61.2 Å². The van der Waals surface area contributed by atoms with Crippen LogP contribution < -0.4 is 0 Å². The molecule has 4 saturated carbocycles. The van der Waals surface area contributed by atoms with Gasteiger partial charge in [0.25, 0.3) is 0 Å². The van der Waals surface area contributed by atoms with Crippen LogP contribution >= 0.6 is 0 Å². The summed E-state index contributed by atoms with van der Waals surface area (Å²) >= 11 is 0. The SMILES string of the molecule is CCCCCCCCC(=O)O[C@H]1CC[C@]2(C)[C@H]3CC[C@]4(C)[C@@H]([C@H](C)CCCC(C)C)CC[C@H]4[C@@H]3C[C@H]3O[C@]32C1. The second-order valence-electron chi connectivity index (χ2n) is 15.9. The first kappa shape index (κ1) is 29.9. The quantitative estimate of drug-likeness (QED) is 0.132. The number of hydrogen-bond donors (Lipinski definition) is 0. The lowest BCUT2D eigenvalue weighted by molar-refractivity contribution is -0.160. The standard InChI is InChI=1S/C36H62O3/c1-7-8-9-10-11-12-16-33(37)38-27-19-22-35(6)31-20-21-34(5)29(26(4)15-13-14-25(2)3)17-18-30(34)28(31)23-32-36(35,24-27)39-32/h25-32H,7-24H2,1-6H3/t26-,27+,28+,29-,30+,31+,32-,34-,35-,36-/m1/s1. The average Bonchev–Trinajstić information content (AvgIpc) is 3.46. The summed E-state index contributed by atoms with van der Waals surface area (Å²) in [6.07, 6.45) is 22.7. The summed E-state index contributed by atoms with van der Waals surface area (Å²) in [4.78, 5) is 12.7. The van der Waals surface area contributed by atoms with E-state index >= 15 is 0 Å². The minimum atomic E-state index is -0.00655. The summed E-state index contributed by atoms with van der Waals surface area (Å²) in [6.45, 7) is 14.9. The number of rotatable bonds is 13. The molecule has 1 aliphatic heterocycles. The molecule has 1 saturated heterocycles. The number of esters is 1. The fraction of sp³-hybridized carbons (Fsp3) is 0.972. The van der Waals surface area contributed by atoms with Crippen LogP contribution in [0.1, 0.15) is 157 Å². The zero-order chi connectivity index (χ0) is 27.8. The Balaban J connectivity index is 1.16. The number of carbonyl (C=O) groups is 1. The molecular weight excluding hydrogens is 480 g/mol. The third kappa shape index (κ3) is 5.62. The zero-order valence-corrected chi connectivity index (χ0v) is 26.6. The van der Waals surface area contributed by atoms with Gasteiger partial charge in [0.05, 0.1) is 6.10 Å². The highest BCUT2D eigenvalue weighted by Gasteiger charge is 2.76. The number of ether oxygens (including phenoxy) is 2. The van der Waals surface area contributed by atoms with E-state index in [1.807, 2.05) is 0 Å². The van der Waals surface area contributed by atoms with E-state index in [2.05, 4.69) is 41.5 Å². The van der Waals surface area contributed by atoms with Crippen molar-refractivity contribution in [2.45, 2.75) is 175 Å². The maximum absolute atomic E-state index is 12.7. The second kappa shape index (κ2) is 12.0. The van der Waals surface area contributed by atoms with Crippen molar-refractivity contribution >= 4 is 5.97 Å². The first-order valence-electron chi connectivity index (χ1n) is 17.5. The van der Waals surface area contributed by atoms with Crippen LogP contribution in [0.3, 0.4) is 0 Å². The summed E-state index contributed by atoms with van der Waals surface area (Å²) in [7, 11) is 0. The van der Waals surface area contributed by atoms with Crippen molar-refractivity contribution in [1.82, 2.24) is 0 Å². The van der Waals surface area contributed by atoms with E-state index in [-0.39, 0.29) is 23.1 Å². The Bertz CT molecular complexity index is 837. The van der Waals surface area contributed by atoms with Gasteiger partial charge in [-0.2, -0.15) is 0 Å². The van der Waals surface area contributed by atoms with Crippen LogP contribution in [0, 0.1) is 46.3 Å². The number of fused-ring (bicyclic) bond motifs is 4. The highest BCUT2D eigenvalue weighted by molar-refractivity contribution is 5.69. The van der Waals surface area contributed by atoms with E-state index in [4.69, 9.17) is 9.47 Å². The molecule has 3 nitrogen and oxygen atoms in total. The topological polar surface area (TPSA) is 38.8 Å². The molecule has 3 heteroatoms. The van der Waals surface area contributed by atoms with Crippen LogP contribution in [-0.2, 0) is 14.3 Å². The Morgan fingerprint density at radius 1 is 0.897 bits per heavy atom. The molecule has 224 valence electrons. The van der Waals surface area contributed by atoms with Gasteiger partial charge < -0.3 is 9.47 Å². The van der Waals surface area contributed by atoms with Crippen molar-refractivity contribution in [3.8, 4) is 0 Å². The van der Waals surface area contributed by atoms with Gasteiger partial charge in [-0.25, -0.2) is 0 Å². The number of epoxide rings is 1. The van der Waals surface area contributed by atoms with Gasteiger partial charge >= 0.3 is 5.97 Å². The van der Waals surface area contributed by atoms with Gasteiger partial charge in [-0.3, -0.25) is 4.79 Å². The molecule has 0 aromatic heterocycles. The van der Waals surface area contributed by atoms with Crippen LogP contribution in [0.25, 0.3) is 0 Å². The van der Waals surface area contributed by atoms with Crippen molar-refractivity contribution in [3.05, 3.63) is 0 Å². The normalized spacial score (nSPS) is 43.3. The molecular formula is C36H62O3. The summed E-state index contributed by atoms with van der Waals surface area (Å²) in [5.74, 6) is 5.18. The van der Waals surface area contributed by atoms with Crippen molar-refractivity contribution in [2.24, 2.45) is 46.3 Å². The molecule has 1 heterocycles. The predicted octanol–water partition coefficient (Wildman–Crippen LogP) is 9.90. The molecule has 5 rings (SSSR count). The van der Waals surface area contributed by atoms with Gasteiger partial charge in [0.15, 0.2) is 0 Å². The van der Waals surface area contributed by atoms with Crippen LogP contribution in [0.2, 0.25) is 0 Å². The third-order valence-electron chi connectivity index (χ3n) is 13.3. The Hall–Kier alpha value is -0.570. The maximum Gasteiger partial charge on any atom is 0.306 e. The minimum absolute atomic E-state index is 0.00655. The molecule has 0 aromatic carbocycles. The molecule has 0 amide bonds. The van der Waals surface area contributed by atoms with E-state index in [0.29, 0.717) is 17.9 Å².